The predicted molar refractivity (Wildman–Crippen MR) is 94.9 cm³/mol. The van der Waals surface area contributed by atoms with Crippen LogP contribution in [-0.2, 0) is 5.54 Å². The Hall–Kier alpha value is -0.280. The van der Waals surface area contributed by atoms with Gasteiger partial charge in [0.1, 0.15) is 0 Å². The minimum absolute atomic E-state index is 0.0823. The fraction of sp³-hybridized carbons (Fsp3) is 0.667. The highest BCUT2D eigenvalue weighted by atomic mass is 35.5. The molecule has 0 spiro atoms. The third-order valence-corrected chi connectivity index (χ3v) is 6.16. The summed E-state index contributed by atoms with van der Waals surface area (Å²) in [7, 11) is 0. The van der Waals surface area contributed by atoms with Gasteiger partial charge in [-0.15, -0.1) is 0 Å². The maximum atomic E-state index is 6.36. The second kappa shape index (κ2) is 7.09. The maximum Gasteiger partial charge on any atom is 0.0615 e. The van der Waals surface area contributed by atoms with Crippen LogP contribution in [0.15, 0.2) is 18.2 Å². The van der Waals surface area contributed by atoms with Gasteiger partial charge in [-0.25, -0.2) is 0 Å². The Kier molecular flexibility index (Phi) is 5.34. The fourth-order valence-corrected chi connectivity index (χ4v) is 4.76. The molecule has 1 aromatic carbocycles. The Morgan fingerprint density at radius 2 is 1.91 bits per heavy atom. The zero-order chi connectivity index (χ0) is 15.6. The molecule has 1 aliphatic carbocycles. The highest BCUT2D eigenvalue weighted by Crippen LogP contribution is 2.45. The third kappa shape index (κ3) is 2.91. The van der Waals surface area contributed by atoms with Gasteiger partial charge in [0, 0.05) is 6.04 Å². The fourth-order valence-electron chi connectivity index (χ4n) is 4.46. The lowest BCUT2D eigenvalue weighted by molar-refractivity contribution is 0.0348. The molecular formula is C18H26Cl2N2. The molecule has 3 rings (SSSR count). The van der Waals surface area contributed by atoms with Crippen molar-refractivity contribution in [1.82, 2.24) is 10.2 Å². The molecule has 0 amide bonds. The van der Waals surface area contributed by atoms with Gasteiger partial charge in [0.2, 0.25) is 0 Å². The van der Waals surface area contributed by atoms with Crippen molar-refractivity contribution in [3.63, 3.8) is 0 Å². The Bertz CT molecular complexity index is 512. The van der Waals surface area contributed by atoms with Gasteiger partial charge >= 0.3 is 0 Å². The van der Waals surface area contributed by atoms with Gasteiger partial charge in [0.05, 0.1) is 15.6 Å². The lowest BCUT2D eigenvalue weighted by Crippen LogP contribution is -2.59. The average Bonchev–Trinajstić information content (AvgIpc) is 3.06. The molecule has 0 bridgehead atoms. The van der Waals surface area contributed by atoms with Crippen molar-refractivity contribution in [3.8, 4) is 0 Å². The third-order valence-electron chi connectivity index (χ3n) is 5.42. The Morgan fingerprint density at radius 3 is 2.59 bits per heavy atom. The second-order valence-electron chi connectivity index (χ2n) is 6.60. The zero-order valence-corrected chi connectivity index (χ0v) is 14.9. The molecule has 2 nitrogen and oxygen atoms in total. The van der Waals surface area contributed by atoms with E-state index >= 15 is 0 Å². The molecule has 1 saturated heterocycles. The van der Waals surface area contributed by atoms with Crippen LogP contribution < -0.4 is 5.32 Å². The van der Waals surface area contributed by atoms with Crippen molar-refractivity contribution in [2.75, 3.05) is 19.6 Å². The monoisotopic (exact) mass is 340 g/mol. The van der Waals surface area contributed by atoms with Crippen LogP contribution in [0.4, 0.5) is 0 Å². The lowest BCUT2D eigenvalue weighted by atomic mass is 9.71. The van der Waals surface area contributed by atoms with Gasteiger partial charge < -0.3 is 5.32 Å². The summed E-state index contributed by atoms with van der Waals surface area (Å²) in [6.45, 7) is 5.62. The van der Waals surface area contributed by atoms with Crippen molar-refractivity contribution < 1.29 is 0 Å². The molecule has 0 radical (unpaired) electrons. The minimum atomic E-state index is 0.0823. The van der Waals surface area contributed by atoms with Crippen LogP contribution in [0, 0.1) is 0 Å². The van der Waals surface area contributed by atoms with E-state index in [1.807, 2.05) is 6.07 Å². The molecule has 122 valence electrons. The Balaban J connectivity index is 2.06. The number of nitrogens with zero attached hydrogens (tertiary/aromatic N) is 1. The molecule has 0 aromatic heterocycles. The molecule has 1 N–H and O–H groups in total. The Morgan fingerprint density at radius 1 is 1.14 bits per heavy atom. The van der Waals surface area contributed by atoms with Crippen LogP contribution in [0.5, 0.6) is 0 Å². The smallest absolute Gasteiger partial charge is 0.0615 e. The molecule has 0 unspecified atom stereocenters. The first-order valence-corrected chi connectivity index (χ1v) is 9.38. The summed E-state index contributed by atoms with van der Waals surface area (Å²) in [5.41, 5.74) is 1.42. The van der Waals surface area contributed by atoms with E-state index in [1.54, 1.807) is 0 Å². The van der Waals surface area contributed by atoms with Gasteiger partial charge in [-0.05, 0) is 63.0 Å². The number of nitrogens with one attached hydrogen (secondary N) is 1. The van der Waals surface area contributed by atoms with Gasteiger partial charge in [-0.3, -0.25) is 4.90 Å². The van der Waals surface area contributed by atoms with Crippen molar-refractivity contribution >= 4 is 23.2 Å². The zero-order valence-electron chi connectivity index (χ0n) is 13.4. The predicted octanol–water partition coefficient (Wildman–Crippen LogP) is 4.84. The highest BCUT2D eigenvalue weighted by Gasteiger charge is 2.47. The lowest BCUT2D eigenvalue weighted by Gasteiger charge is -2.51. The standard InChI is InChI=1S/C18H26Cl2N2/c1-2-21-17-7-3-4-10-18(17,22-11-5-6-12-22)14-8-9-15(19)16(20)13-14/h8-9,13,17,21H,2-7,10-12H2,1H3/t17-,18+/m1/s1. The van der Waals surface area contributed by atoms with Crippen LogP contribution in [0.1, 0.15) is 51.0 Å². The van der Waals surface area contributed by atoms with Gasteiger partial charge in [0.25, 0.3) is 0 Å². The van der Waals surface area contributed by atoms with Gasteiger partial charge in [-0.2, -0.15) is 0 Å². The van der Waals surface area contributed by atoms with Crippen LogP contribution in [0.3, 0.4) is 0 Å². The summed E-state index contributed by atoms with van der Waals surface area (Å²) in [4.78, 5) is 2.71. The molecule has 2 fully saturated rings. The molecule has 2 aliphatic rings. The SMILES string of the molecule is CCN[C@@H]1CCCC[C@@]1(c1ccc(Cl)c(Cl)c1)N1CCCC1. The molecule has 1 saturated carbocycles. The van der Waals surface area contributed by atoms with Crippen LogP contribution >= 0.6 is 23.2 Å². The summed E-state index contributed by atoms with van der Waals surface area (Å²) in [6.07, 6.45) is 7.67. The number of benzene rings is 1. The van der Waals surface area contributed by atoms with E-state index in [9.17, 15) is 0 Å². The van der Waals surface area contributed by atoms with Crippen LogP contribution in [-0.4, -0.2) is 30.6 Å². The van der Waals surface area contributed by atoms with E-state index in [2.05, 4.69) is 29.3 Å². The van der Waals surface area contributed by atoms with Crippen molar-refractivity contribution in [1.29, 1.82) is 0 Å². The normalized spacial score (nSPS) is 29.9. The summed E-state index contributed by atoms with van der Waals surface area (Å²) >= 11 is 12.5. The van der Waals surface area contributed by atoms with E-state index in [-0.39, 0.29) is 5.54 Å². The van der Waals surface area contributed by atoms with E-state index in [1.165, 1.54) is 57.2 Å². The first-order valence-electron chi connectivity index (χ1n) is 8.62. The summed E-state index contributed by atoms with van der Waals surface area (Å²) < 4.78 is 0. The average molecular weight is 341 g/mol. The van der Waals surface area contributed by atoms with Crippen molar-refractivity contribution in [2.24, 2.45) is 0 Å². The van der Waals surface area contributed by atoms with Crippen LogP contribution in [0.25, 0.3) is 0 Å². The minimum Gasteiger partial charge on any atom is -0.312 e. The molecular weight excluding hydrogens is 315 g/mol. The van der Waals surface area contributed by atoms with E-state index in [0.29, 0.717) is 16.1 Å². The van der Waals surface area contributed by atoms with Crippen molar-refractivity contribution in [2.45, 2.75) is 57.0 Å². The number of likely N-dealkylation sites (N-methyl/N-ethyl adjacent to an activating group) is 1. The first-order chi connectivity index (χ1) is 10.7. The molecule has 22 heavy (non-hydrogen) atoms. The second-order valence-corrected chi connectivity index (χ2v) is 7.42. The number of likely N-dealkylation sites (tertiary alicyclic amines) is 1. The van der Waals surface area contributed by atoms with E-state index < -0.39 is 0 Å². The number of hydrogen-bond donors (Lipinski definition) is 1. The largest absolute Gasteiger partial charge is 0.312 e. The highest BCUT2D eigenvalue weighted by molar-refractivity contribution is 6.42. The molecule has 1 aliphatic heterocycles. The topological polar surface area (TPSA) is 15.3 Å². The maximum absolute atomic E-state index is 6.36. The Labute approximate surface area is 144 Å². The van der Waals surface area contributed by atoms with E-state index in [4.69, 9.17) is 23.2 Å². The summed E-state index contributed by atoms with van der Waals surface area (Å²) in [5, 5.41) is 5.10. The number of rotatable bonds is 4. The number of hydrogen-bond acceptors (Lipinski definition) is 2. The number of halogens is 2. The molecule has 1 aromatic rings. The van der Waals surface area contributed by atoms with E-state index in [0.717, 1.165) is 6.54 Å². The molecule has 2 atom stereocenters. The van der Waals surface area contributed by atoms with Crippen molar-refractivity contribution in [3.05, 3.63) is 33.8 Å². The summed E-state index contributed by atoms with van der Waals surface area (Å²) in [5.74, 6) is 0. The summed E-state index contributed by atoms with van der Waals surface area (Å²) in [6, 6.07) is 6.77. The molecule has 1 heterocycles. The molecule has 4 heteroatoms. The van der Waals surface area contributed by atoms with Crippen LogP contribution in [0.2, 0.25) is 10.0 Å². The van der Waals surface area contributed by atoms with Gasteiger partial charge in [-0.1, -0.05) is 49.0 Å². The van der Waals surface area contributed by atoms with Gasteiger partial charge in [0.15, 0.2) is 0 Å². The first kappa shape index (κ1) is 16.6. The quantitative estimate of drug-likeness (QED) is 0.843.